The largest absolute Gasteiger partial charge is 0.396 e. The van der Waals surface area contributed by atoms with Gasteiger partial charge in [-0.25, -0.2) is 0 Å². The molecule has 2 atom stereocenters. The lowest BCUT2D eigenvalue weighted by Crippen LogP contribution is -2.50. The van der Waals surface area contributed by atoms with Gasteiger partial charge in [-0.3, -0.25) is 14.8 Å². The fraction of sp³-hybridized carbons (Fsp3) is 0.524. The molecule has 144 valence electrons. The minimum atomic E-state index is -0.0836. The predicted octanol–water partition coefficient (Wildman–Crippen LogP) is 2.05. The molecule has 0 aliphatic carbocycles. The van der Waals surface area contributed by atoms with Crippen LogP contribution in [0.5, 0.6) is 0 Å². The number of benzene rings is 1. The van der Waals surface area contributed by atoms with Crippen LogP contribution in [0.4, 0.5) is 0 Å². The number of amides is 1. The average molecular weight is 368 g/mol. The van der Waals surface area contributed by atoms with Gasteiger partial charge in [-0.05, 0) is 24.8 Å². The molecule has 4 rings (SSSR count). The van der Waals surface area contributed by atoms with E-state index in [0.717, 1.165) is 50.4 Å². The molecular formula is C21H28N4O2. The van der Waals surface area contributed by atoms with Crippen LogP contribution >= 0.6 is 0 Å². The average Bonchev–Trinajstić information content (AvgIpc) is 3.26. The standard InChI is InChI=1S/C21H28N4O2/c1-15-3-5-17(6-4-15)20-18(9-22-23-20)10-24-11-19-12-25(16(2)27)8-7-21(19,13-24)14-26/h3-6,9,19,26H,7-8,10-14H2,1-2H3,(H,22,23). The highest BCUT2D eigenvalue weighted by atomic mass is 16.3. The smallest absolute Gasteiger partial charge is 0.219 e. The third kappa shape index (κ3) is 3.39. The maximum Gasteiger partial charge on any atom is 0.219 e. The molecule has 2 N–H and O–H groups in total. The Morgan fingerprint density at radius 2 is 2.11 bits per heavy atom. The summed E-state index contributed by atoms with van der Waals surface area (Å²) < 4.78 is 0. The maximum absolute atomic E-state index is 11.8. The van der Waals surface area contributed by atoms with Crippen molar-refractivity contribution >= 4 is 5.91 Å². The second-order valence-electron chi connectivity index (χ2n) is 8.24. The molecule has 2 saturated heterocycles. The van der Waals surface area contributed by atoms with Gasteiger partial charge in [-0.2, -0.15) is 5.10 Å². The van der Waals surface area contributed by atoms with Crippen LogP contribution in [-0.4, -0.2) is 63.8 Å². The van der Waals surface area contributed by atoms with Crippen molar-refractivity contribution in [2.75, 3.05) is 32.8 Å². The predicted molar refractivity (Wildman–Crippen MR) is 104 cm³/mol. The number of aryl methyl sites for hydroxylation is 1. The highest BCUT2D eigenvalue weighted by Gasteiger charge is 2.49. The van der Waals surface area contributed by atoms with Gasteiger partial charge < -0.3 is 10.0 Å². The van der Waals surface area contributed by atoms with Crippen LogP contribution in [0.3, 0.4) is 0 Å². The molecule has 0 spiro atoms. The van der Waals surface area contributed by atoms with Crippen LogP contribution in [-0.2, 0) is 11.3 Å². The Bertz CT molecular complexity index is 816. The van der Waals surface area contributed by atoms with E-state index in [4.69, 9.17) is 0 Å². The Kier molecular flexibility index (Phi) is 4.78. The fourth-order valence-electron chi connectivity index (χ4n) is 4.70. The van der Waals surface area contributed by atoms with Gasteiger partial charge in [0.2, 0.25) is 5.91 Å². The Hall–Kier alpha value is -2.18. The normalized spacial score (nSPS) is 25.6. The number of carbonyl (C=O) groups excluding carboxylic acids is 1. The minimum absolute atomic E-state index is 0.0836. The van der Waals surface area contributed by atoms with Gasteiger partial charge in [0.15, 0.2) is 0 Å². The summed E-state index contributed by atoms with van der Waals surface area (Å²) in [6.07, 6.45) is 2.78. The van der Waals surface area contributed by atoms with E-state index in [-0.39, 0.29) is 17.9 Å². The molecule has 6 nitrogen and oxygen atoms in total. The highest BCUT2D eigenvalue weighted by Crippen LogP contribution is 2.43. The first-order valence-corrected chi connectivity index (χ1v) is 9.69. The van der Waals surface area contributed by atoms with E-state index in [0.29, 0.717) is 5.92 Å². The molecule has 0 radical (unpaired) electrons. The fourth-order valence-corrected chi connectivity index (χ4v) is 4.70. The van der Waals surface area contributed by atoms with Gasteiger partial charge in [0, 0.05) is 50.6 Å². The zero-order chi connectivity index (χ0) is 19.0. The Morgan fingerprint density at radius 1 is 1.33 bits per heavy atom. The van der Waals surface area contributed by atoms with Crippen molar-refractivity contribution in [2.45, 2.75) is 26.8 Å². The molecule has 3 heterocycles. The molecule has 2 unspecified atom stereocenters. The summed E-state index contributed by atoms with van der Waals surface area (Å²) in [6, 6.07) is 8.47. The van der Waals surface area contributed by atoms with Crippen molar-refractivity contribution < 1.29 is 9.90 Å². The Labute approximate surface area is 160 Å². The summed E-state index contributed by atoms with van der Waals surface area (Å²) in [7, 11) is 0. The van der Waals surface area contributed by atoms with Crippen molar-refractivity contribution in [3.8, 4) is 11.3 Å². The number of hydrogen-bond donors (Lipinski definition) is 2. The number of piperidine rings is 1. The minimum Gasteiger partial charge on any atom is -0.396 e. The molecule has 2 fully saturated rings. The summed E-state index contributed by atoms with van der Waals surface area (Å²) in [4.78, 5) is 16.1. The van der Waals surface area contributed by atoms with E-state index in [1.807, 2.05) is 11.1 Å². The van der Waals surface area contributed by atoms with Crippen LogP contribution in [0.15, 0.2) is 30.5 Å². The van der Waals surface area contributed by atoms with Crippen molar-refractivity contribution in [1.82, 2.24) is 20.0 Å². The second kappa shape index (κ2) is 7.09. The van der Waals surface area contributed by atoms with E-state index < -0.39 is 0 Å². The Morgan fingerprint density at radius 3 is 2.81 bits per heavy atom. The first-order valence-electron chi connectivity index (χ1n) is 9.69. The zero-order valence-corrected chi connectivity index (χ0v) is 16.1. The quantitative estimate of drug-likeness (QED) is 0.866. The molecule has 27 heavy (non-hydrogen) atoms. The zero-order valence-electron chi connectivity index (χ0n) is 16.1. The molecule has 1 amide bonds. The molecule has 6 heteroatoms. The third-order valence-electron chi connectivity index (χ3n) is 6.42. The van der Waals surface area contributed by atoms with E-state index in [1.165, 1.54) is 11.1 Å². The summed E-state index contributed by atoms with van der Waals surface area (Å²) >= 11 is 0. The van der Waals surface area contributed by atoms with E-state index in [2.05, 4.69) is 46.3 Å². The number of H-pyrrole nitrogens is 1. The first-order chi connectivity index (χ1) is 13.0. The van der Waals surface area contributed by atoms with Crippen LogP contribution < -0.4 is 0 Å². The van der Waals surface area contributed by atoms with Crippen molar-refractivity contribution in [3.63, 3.8) is 0 Å². The van der Waals surface area contributed by atoms with Gasteiger partial charge >= 0.3 is 0 Å². The van der Waals surface area contributed by atoms with Gasteiger partial charge in [0.05, 0.1) is 18.5 Å². The molecule has 1 aromatic carbocycles. The number of aromatic nitrogens is 2. The number of aliphatic hydroxyl groups excluding tert-OH is 1. The number of aliphatic hydroxyl groups is 1. The van der Waals surface area contributed by atoms with E-state index >= 15 is 0 Å². The van der Waals surface area contributed by atoms with E-state index in [9.17, 15) is 9.90 Å². The summed E-state index contributed by atoms with van der Waals surface area (Å²) in [6.45, 7) is 8.00. The third-order valence-corrected chi connectivity index (χ3v) is 6.42. The van der Waals surface area contributed by atoms with Crippen LogP contribution in [0.25, 0.3) is 11.3 Å². The monoisotopic (exact) mass is 368 g/mol. The van der Waals surface area contributed by atoms with Gasteiger partial charge in [-0.15, -0.1) is 0 Å². The lowest BCUT2D eigenvalue weighted by Gasteiger charge is -2.42. The molecule has 2 aliphatic heterocycles. The van der Waals surface area contributed by atoms with Crippen LogP contribution in [0.1, 0.15) is 24.5 Å². The van der Waals surface area contributed by atoms with Crippen molar-refractivity contribution in [2.24, 2.45) is 11.3 Å². The van der Waals surface area contributed by atoms with Crippen molar-refractivity contribution in [1.29, 1.82) is 0 Å². The molecule has 1 aromatic heterocycles. The van der Waals surface area contributed by atoms with Gasteiger partial charge in [0.25, 0.3) is 0 Å². The van der Waals surface area contributed by atoms with Crippen LogP contribution in [0, 0.1) is 18.3 Å². The second-order valence-corrected chi connectivity index (χ2v) is 8.24. The number of likely N-dealkylation sites (tertiary alicyclic amines) is 2. The van der Waals surface area contributed by atoms with Gasteiger partial charge in [-0.1, -0.05) is 29.8 Å². The SMILES string of the molecule is CC(=O)N1CCC2(CO)CN(Cc3cn[nH]c3-c3ccc(C)cc3)CC2C1. The number of hydrogen-bond acceptors (Lipinski definition) is 4. The summed E-state index contributed by atoms with van der Waals surface area (Å²) in [5, 5.41) is 17.5. The highest BCUT2D eigenvalue weighted by molar-refractivity contribution is 5.73. The lowest BCUT2D eigenvalue weighted by atomic mass is 9.73. The molecule has 0 saturated carbocycles. The van der Waals surface area contributed by atoms with E-state index in [1.54, 1.807) is 6.92 Å². The number of fused-ring (bicyclic) bond motifs is 1. The molecular weight excluding hydrogens is 340 g/mol. The summed E-state index contributed by atoms with van der Waals surface area (Å²) in [5.74, 6) is 0.464. The van der Waals surface area contributed by atoms with Crippen LogP contribution in [0.2, 0.25) is 0 Å². The molecule has 2 aliphatic rings. The number of aromatic amines is 1. The first kappa shape index (κ1) is 18.2. The Balaban J connectivity index is 1.51. The summed E-state index contributed by atoms with van der Waals surface area (Å²) in [5.41, 5.74) is 4.54. The van der Waals surface area contributed by atoms with Crippen molar-refractivity contribution in [3.05, 3.63) is 41.6 Å². The van der Waals surface area contributed by atoms with Gasteiger partial charge in [0.1, 0.15) is 0 Å². The topological polar surface area (TPSA) is 72.5 Å². The number of nitrogens with one attached hydrogen (secondary N) is 1. The number of rotatable bonds is 4. The number of carbonyl (C=O) groups is 1. The molecule has 0 bridgehead atoms. The maximum atomic E-state index is 11.8. The number of nitrogens with zero attached hydrogens (tertiary/aromatic N) is 3. The lowest BCUT2D eigenvalue weighted by molar-refractivity contribution is -0.133. The molecule has 2 aromatic rings.